The van der Waals surface area contributed by atoms with Crippen molar-refractivity contribution < 1.29 is 17.9 Å². The quantitative estimate of drug-likeness (QED) is 0.772. The van der Waals surface area contributed by atoms with Gasteiger partial charge in [0.15, 0.2) is 9.84 Å². The van der Waals surface area contributed by atoms with Crippen LogP contribution in [0.15, 0.2) is 36.7 Å². The Morgan fingerprint density at radius 3 is 2.81 bits per heavy atom. The zero-order chi connectivity index (χ0) is 18.4. The maximum absolute atomic E-state index is 12.7. The van der Waals surface area contributed by atoms with Gasteiger partial charge in [-0.25, -0.2) is 13.4 Å². The van der Waals surface area contributed by atoms with Gasteiger partial charge in [-0.2, -0.15) is 5.10 Å². The number of sulfone groups is 1. The summed E-state index contributed by atoms with van der Waals surface area (Å²) in [6.07, 6.45) is 3.87. The first-order chi connectivity index (χ1) is 12.4. The van der Waals surface area contributed by atoms with Crippen LogP contribution < -0.4 is 4.74 Å². The molecule has 0 saturated carbocycles. The average Bonchev–Trinajstić information content (AvgIpc) is 3.13. The highest BCUT2D eigenvalue weighted by molar-refractivity contribution is 7.93. The van der Waals surface area contributed by atoms with Crippen LogP contribution in [-0.4, -0.2) is 64.2 Å². The number of carbonyl (C=O) groups is 1. The summed E-state index contributed by atoms with van der Waals surface area (Å²) in [5.41, 5.74) is 0.332. The minimum absolute atomic E-state index is 0.134. The van der Waals surface area contributed by atoms with Crippen LogP contribution in [0.4, 0.5) is 0 Å². The molecular weight excluding hydrogens is 356 g/mol. The largest absolute Gasteiger partial charge is 0.477 e. The minimum atomic E-state index is -3.27. The van der Waals surface area contributed by atoms with Crippen molar-refractivity contribution in [2.24, 2.45) is 13.0 Å². The second-order valence-electron chi connectivity index (χ2n) is 6.88. The topological polar surface area (TPSA) is 94.4 Å². The number of nitrogens with zero attached hydrogens (tertiary/aromatic N) is 4. The summed E-state index contributed by atoms with van der Waals surface area (Å²) in [5.74, 6) is 0.229. The summed E-state index contributed by atoms with van der Waals surface area (Å²) < 4.78 is 31.7. The summed E-state index contributed by atoms with van der Waals surface area (Å²) in [5, 5.41) is 4.10. The molecule has 2 saturated heterocycles. The molecule has 4 heterocycles. The fraction of sp³-hybridized carbons (Fsp3) is 0.471. The number of rotatable bonds is 4. The zero-order valence-corrected chi connectivity index (χ0v) is 15.2. The zero-order valence-electron chi connectivity index (χ0n) is 14.4. The Hall–Kier alpha value is -2.42. The van der Waals surface area contributed by atoms with Crippen molar-refractivity contribution in [2.75, 3.05) is 25.4 Å². The van der Waals surface area contributed by atoms with Crippen LogP contribution in [-0.2, 0) is 16.9 Å². The number of carbonyl (C=O) groups excluding carboxylic acids is 1. The highest BCUT2D eigenvalue weighted by Crippen LogP contribution is 2.45. The minimum Gasteiger partial charge on any atom is -0.477 e. The van der Waals surface area contributed by atoms with Crippen LogP contribution in [0.25, 0.3) is 0 Å². The Kier molecular flexibility index (Phi) is 3.98. The fourth-order valence-corrected chi connectivity index (χ4v) is 6.16. The van der Waals surface area contributed by atoms with Gasteiger partial charge in [0.2, 0.25) is 5.88 Å². The monoisotopic (exact) mass is 376 g/mol. The Morgan fingerprint density at radius 1 is 1.35 bits per heavy atom. The van der Waals surface area contributed by atoms with E-state index in [2.05, 4.69) is 10.1 Å². The van der Waals surface area contributed by atoms with Crippen molar-refractivity contribution in [1.29, 1.82) is 0 Å². The molecule has 2 fully saturated rings. The Morgan fingerprint density at radius 2 is 2.15 bits per heavy atom. The Labute approximate surface area is 151 Å². The molecule has 2 aliphatic heterocycles. The molecule has 138 valence electrons. The highest BCUT2D eigenvalue weighted by atomic mass is 32.2. The molecule has 8 nitrogen and oxygen atoms in total. The van der Waals surface area contributed by atoms with Gasteiger partial charge in [-0.15, -0.1) is 0 Å². The average molecular weight is 376 g/mol. The standard InChI is InChI=1S/C17H20N4O4S/c1-20-8-5-14(19-20)16(22)21-11-17(12-21)13(6-9-26(17,23)24)10-25-15-4-2-3-7-18-15/h2-5,7-8,13H,6,9-12H2,1H3. The van der Waals surface area contributed by atoms with Crippen LogP contribution in [0.5, 0.6) is 5.88 Å². The molecule has 2 aliphatic rings. The van der Waals surface area contributed by atoms with E-state index >= 15 is 0 Å². The van der Waals surface area contributed by atoms with Crippen LogP contribution in [0.3, 0.4) is 0 Å². The lowest BCUT2D eigenvalue weighted by Gasteiger charge is -2.49. The molecule has 2 aromatic heterocycles. The molecule has 9 heteroatoms. The van der Waals surface area contributed by atoms with Gasteiger partial charge in [0.25, 0.3) is 5.91 Å². The molecule has 0 radical (unpaired) electrons. The van der Waals surface area contributed by atoms with Crippen LogP contribution >= 0.6 is 0 Å². The lowest BCUT2D eigenvalue weighted by molar-refractivity contribution is 0.0401. The third-order valence-electron chi connectivity index (χ3n) is 5.31. The van der Waals surface area contributed by atoms with Crippen LogP contribution in [0, 0.1) is 5.92 Å². The second-order valence-corrected chi connectivity index (χ2v) is 9.33. The predicted octanol–water partition coefficient (Wildman–Crippen LogP) is 0.523. The van der Waals surface area contributed by atoms with E-state index in [1.165, 1.54) is 0 Å². The van der Waals surface area contributed by atoms with Crippen molar-refractivity contribution >= 4 is 15.7 Å². The van der Waals surface area contributed by atoms with E-state index in [1.807, 2.05) is 6.07 Å². The van der Waals surface area contributed by atoms with E-state index in [4.69, 9.17) is 4.74 Å². The molecule has 4 rings (SSSR count). The van der Waals surface area contributed by atoms with E-state index < -0.39 is 14.6 Å². The SMILES string of the molecule is Cn1ccc(C(=O)N2CC3(C2)C(COc2ccccn2)CCS3(=O)=O)n1. The summed E-state index contributed by atoms with van der Waals surface area (Å²) >= 11 is 0. The molecule has 0 aromatic carbocycles. The first-order valence-electron chi connectivity index (χ1n) is 8.46. The third-order valence-corrected chi connectivity index (χ3v) is 7.91. The number of likely N-dealkylation sites (tertiary alicyclic amines) is 1. The number of aryl methyl sites for hydroxylation is 1. The van der Waals surface area contributed by atoms with E-state index in [0.717, 1.165) is 0 Å². The molecular formula is C17H20N4O4S. The number of pyridine rings is 1. The normalized spacial score (nSPS) is 23.0. The molecule has 1 unspecified atom stereocenters. The molecule has 1 atom stereocenters. The lowest BCUT2D eigenvalue weighted by Crippen LogP contribution is -2.69. The maximum atomic E-state index is 12.7. The molecule has 0 aliphatic carbocycles. The van der Waals surface area contributed by atoms with Crippen molar-refractivity contribution in [3.05, 3.63) is 42.4 Å². The van der Waals surface area contributed by atoms with Crippen molar-refractivity contribution in [3.63, 3.8) is 0 Å². The molecule has 0 N–H and O–H groups in total. The number of hydrogen-bond acceptors (Lipinski definition) is 6. The van der Waals surface area contributed by atoms with Crippen molar-refractivity contribution in [1.82, 2.24) is 19.7 Å². The van der Waals surface area contributed by atoms with Gasteiger partial charge in [-0.3, -0.25) is 9.48 Å². The predicted molar refractivity (Wildman–Crippen MR) is 93.5 cm³/mol. The fourth-order valence-electron chi connectivity index (χ4n) is 3.76. The molecule has 1 spiro atoms. The highest BCUT2D eigenvalue weighted by Gasteiger charge is 2.62. The van der Waals surface area contributed by atoms with Gasteiger partial charge in [0.05, 0.1) is 12.4 Å². The smallest absolute Gasteiger partial charge is 0.274 e. The number of hydrogen-bond donors (Lipinski definition) is 0. The Bertz CT molecular complexity index is 919. The molecule has 0 bridgehead atoms. The van der Waals surface area contributed by atoms with Gasteiger partial charge >= 0.3 is 0 Å². The van der Waals surface area contributed by atoms with Crippen molar-refractivity contribution in [2.45, 2.75) is 11.2 Å². The van der Waals surface area contributed by atoms with E-state index in [0.29, 0.717) is 18.0 Å². The first-order valence-corrected chi connectivity index (χ1v) is 10.1. The number of amides is 1. The van der Waals surface area contributed by atoms with E-state index in [1.54, 1.807) is 47.2 Å². The number of ether oxygens (including phenoxy) is 1. The summed E-state index contributed by atoms with van der Waals surface area (Å²) in [4.78, 5) is 18.2. The van der Waals surface area contributed by atoms with Gasteiger partial charge in [0.1, 0.15) is 10.4 Å². The van der Waals surface area contributed by atoms with Crippen LogP contribution in [0.2, 0.25) is 0 Å². The number of aromatic nitrogens is 3. The summed E-state index contributed by atoms with van der Waals surface area (Å²) in [7, 11) is -1.53. The van der Waals surface area contributed by atoms with Crippen LogP contribution in [0.1, 0.15) is 16.9 Å². The maximum Gasteiger partial charge on any atom is 0.274 e. The van der Waals surface area contributed by atoms with Gasteiger partial charge in [-0.05, 0) is 18.6 Å². The third kappa shape index (κ3) is 2.66. The summed E-state index contributed by atoms with van der Waals surface area (Å²) in [6.45, 7) is 0.670. The van der Waals surface area contributed by atoms with Crippen molar-refractivity contribution in [3.8, 4) is 5.88 Å². The Balaban J connectivity index is 1.47. The molecule has 1 amide bonds. The second kappa shape index (κ2) is 6.08. The molecule has 26 heavy (non-hydrogen) atoms. The van der Waals surface area contributed by atoms with E-state index in [-0.39, 0.29) is 37.3 Å². The van der Waals surface area contributed by atoms with Gasteiger partial charge in [0, 0.05) is 44.5 Å². The lowest BCUT2D eigenvalue weighted by atomic mass is 9.83. The van der Waals surface area contributed by atoms with Gasteiger partial charge < -0.3 is 9.64 Å². The van der Waals surface area contributed by atoms with E-state index in [9.17, 15) is 13.2 Å². The summed E-state index contributed by atoms with van der Waals surface area (Å²) in [6, 6.07) is 6.99. The molecule has 2 aromatic rings. The van der Waals surface area contributed by atoms with Gasteiger partial charge in [-0.1, -0.05) is 6.07 Å². The first kappa shape index (κ1) is 17.0.